The maximum absolute atomic E-state index is 4.96. The molecule has 4 nitrogen and oxygen atoms in total. The van der Waals surface area contributed by atoms with Crippen LogP contribution < -0.4 is 0 Å². The summed E-state index contributed by atoms with van der Waals surface area (Å²) in [6, 6.07) is 57.3. The van der Waals surface area contributed by atoms with E-state index in [9.17, 15) is 0 Å². The lowest BCUT2D eigenvalue weighted by atomic mass is 9.96. The maximum Gasteiger partial charge on any atom is 0.0970 e. The molecular formula is C50H34N4. The van der Waals surface area contributed by atoms with Crippen molar-refractivity contribution in [1.82, 2.24) is 19.1 Å². The van der Waals surface area contributed by atoms with Gasteiger partial charge in [0.2, 0.25) is 0 Å². The molecule has 4 heteroatoms. The molecule has 4 aromatic heterocycles. The zero-order valence-corrected chi connectivity index (χ0v) is 30.0. The fourth-order valence-electron chi connectivity index (χ4n) is 8.67. The second-order valence-corrected chi connectivity index (χ2v) is 14.4. The van der Waals surface area contributed by atoms with E-state index in [4.69, 9.17) is 9.97 Å². The van der Waals surface area contributed by atoms with Crippen molar-refractivity contribution in [3.63, 3.8) is 0 Å². The Bertz CT molecular complexity index is 3090. The van der Waals surface area contributed by atoms with Gasteiger partial charge in [-0.05, 0) is 108 Å². The van der Waals surface area contributed by atoms with E-state index in [1.165, 1.54) is 54.7 Å². The highest BCUT2D eigenvalue weighted by Gasteiger charge is 2.17. The van der Waals surface area contributed by atoms with Crippen LogP contribution in [0, 0.1) is 13.8 Å². The molecule has 0 aliphatic heterocycles. The molecule has 0 fully saturated rings. The van der Waals surface area contributed by atoms with E-state index >= 15 is 0 Å². The number of aryl methyl sites for hydroxylation is 2. The summed E-state index contributed by atoms with van der Waals surface area (Å²) < 4.78 is 4.78. The minimum Gasteiger partial charge on any atom is -0.309 e. The van der Waals surface area contributed by atoms with Crippen LogP contribution in [0.15, 0.2) is 170 Å². The fourth-order valence-corrected chi connectivity index (χ4v) is 8.67. The number of benzene rings is 7. The number of hydrogen-bond acceptors (Lipinski definition) is 2. The van der Waals surface area contributed by atoms with Crippen molar-refractivity contribution in [2.75, 3.05) is 0 Å². The zero-order chi connectivity index (χ0) is 35.9. The second kappa shape index (κ2) is 11.7. The molecule has 0 amide bonds. The Hall–Kier alpha value is -7.04. The Morgan fingerprint density at radius 3 is 1.26 bits per heavy atom. The SMILES string of the molecule is Cc1ccc2c3ccccc3n(-c3cccc(-c4ccnc5c4ccc4c(-c6cccc(-n7c8ccccc8c8ccc(C)cc87)c6)ccnc45)c3)c2c1. The van der Waals surface area contributed by atoms with Crippen LogP contribution >= 0.6 is 0 Å². The molecular weight excluding hydrogens is 657 g/mol. The monoisotopic (exact) mass is 690 g/mol. The van der Waals surface area contributed by atoms with Gasteiger partial charge in [-0.25, -0.2) is 0 Å². The largest absolute Gasteiger partial charge is 0.309 e. The Balaban J connectivity index is 1.05. The van der Waals surface area contributed by atoms with Gasteiger partial charge in [0.15, 0.2) is 0 Å². The molecule has 0 bridgehead atoms. The summed E-state index contributed by atoms with van der Waals surface area (Å²) in [5.41, 5.74) is 16.0. The Kier molecular flexibility index (Phi) is 6.65. The predicted octanol–water partition coefficient (Wildman–Crippen LogP) is 12.9. The summed E-state index contributed by atoms with van der Waals surface area (Å²) in [5, 5.41) is 7.21. The van der Waals surface area contributed by atoms with Crippen LogP contribution in [0.2, 0.25) is 0 Å². The number of pyridine rings is 2. The summed E-state index contributed by atoms with van der Waals surface area (Å²) >= 11 is 0. The molecule has 0 spiro atoms. The van der Waals surface area contributed by atoms with E-state index in [0.717, 1.165) is 55.4 Å². The lowest BCUT2D eigenvalue weighted by Crippen LogP contribution is -1.96. The highest BCUT2D eigenvalue weighted by atomic mass is 15.0. The highest BCUT2D eigenvalue weighted by molar-refractivity contribution is 6.13. The average Bonchev–Trinajstić information content (AvgIpc) is 3.72. The minimum absolute atomic E-state index is 0.902. The molecule has 11 aromatic rings. The first-order chi connectivity index (χ1) is 26.6. The van der Waals surface area contributed by atoms with E-state index in [1.807, 2.05) is 12.4 Å². The standard InChI is InChI=1S/C50H34N4/c1-31-17-19-41-39-13-3-5-15-45(39)53(47(41)27-31)35-11-7-9-33(29-35)37-23-25-51-49-43(37)21-22-44-38(24-26-52-50(44)49)34-10-8-12-36(30-34)54-46-16-6-4-14-40(46)42-20-18-32(2)28-48(42)54/h3-30H,1-2H3. The van der Waals surface area contributed by atoms with E-state index in [2.05, 4.69) is 181 Å². The third-order valence-electron chi connectivity index (χ3n) is 11.1. The lowest BCUT2D eigenvalue weighted by Gasteiger charge is -2.14. The summed E-state index contributed by atoms with van der Waals surface area (Å²) in [5.74, 6) is 0. The molecule has 7 aromatic carbocycles. The number of aromatic nitrogens is 4. The van der Waals surface area contributed by atoms with Crippen LogP contribution in [0.3, 0.4) is 0 Å². The number of rotatable bonds is 4. The van der Waals surface area contributed by atoms with Gasteiger partial charge in [-0.15, -0.1) is 0 Å². The molecule has 254 valence electrons. The third kappa shape index (κ3) is 4.56. The van der Waals surface area contributed by atoms with E-state index in [-0.39, 0.29) is 0 Å². The normalized spacial score (nSPS) is 11.9. The minimum atomic E-state index is 0.902. The first kappa shape index (κ1) is 30.6. The topological polar surface area (TPSA) is 35.6 Å². The first-order valence-electron chi connectivity index (χ1n) is 18.5. The quantitative estimate of drug-likeness (QED) is 0.172. The number of hydrogen-bond donors (Lipinski definition) is 0. The van der Waals surface area contributed by atoms with Gasteiger partial charge in [-0.3, -0.25) is 9.97 Å². The maximum atomic E-state index is 4.96. The summed E-state index contributed by atoms with van der Waals surface area (Å²) in [6.07, 6.45) is 3.85. The molecule has 0 N–H and O–H groups in total. The lowest BCUT2D eigenvalue weighted by molar-refractivity contribution is 1.18. The predicted molar refractivity (Wildman–Crippen MR) is 226 cm³/mol. The van der Waals surface area contributed by atoms with Crippen molar-refractivity contribution >= 4 is 65.4 Å². The highest BCUT2D eigenvalue weighted by Crippen LogP contribution is 2.39. The van der Waals surface area contributed by atoms with Crippen LogP contribution in [0.25, 0.3) is 99.0 Å². The molecule has 0 aliphatic rings. The smallest absolute Gasteiger partial charge is 0.0970 e. The van der Waals surface area contributed by atoms with E-state index in [0.29, 0.717) is 0 Å². The van der Waals surface area contributed by atoms with E-state index in [1.54, 1.807) is 0 Å². The Labute approximate surface area is 312 Å². The number of nitrogens with zero attached hydrogens (tertiary/aromatic N) is 4. The molecule has 4 heterocycles. The summed E-state index contributed by atoms with van der Waals surface area (Å²) in [7, 11) is 0. The molecule has 0 aliphatic carbocycles. The van der Waals surface area contributed by atoms with Gasteiger partial charge in [-0.1, -0.05) is 97.1 Å². The average molecular weight is 691 g/mol. The second-order valence-electron chi connectivity index (χ2n) is 14.4. The van der Waals surface area contributed by atoms with Crippen molar-refractivity contribution < 1.29 is 0 Å². The zero-order valence-electron chi connectivity index (χ0n) is 30.0. The number of fused-ring (bicyclic) bond motifs is 9. The molecule has 0 saturated carbocycles. The molecule has 0 radical (unpaired) electrons. The van der Waals surface area contributed by atoms with Gasteiger partial charge in [0.05, 0.1) is 33.1 Å². The number of para-hydroxylation sites is 2. The molecule has 11 rings (SSSR count). The van der Waals surface area contributed by atoms with Gasteiger partial charge < -0.3 is 9.13 Å². The van der Waals surface area contributed by atoms with Crippen molar-refractivity contribution in [1.29, 1.82) is 0 Å². The van der Waals surface area contributed by atoms with Crippen molar-refractivity contribution in [2.45, 2.75) is 13.8 Å². The van der Waals surface area contributed by atoms with Gasteiger partial charge in [0, 0.05) is 56.1 Å². The Morgan fingerprint density at radius 2 is 0.778 bits per heavy atom. The van der Waals surface area contributed by atoms with Crippen LogP contribution in [0.4, 0.5) is 0 Å². The van der Waals surface area contributed by atoms with Crippen LogP contribution in [-0.2, 0) is 0 Å². The molecule has 0 atom stereocenters. The van der Waals surface area contributed by atoms with Crippen molar-refractivity contribution in [3.05, 3.63) is 181 Å². The third-order valence-corrected chi connectivity index (χ3v) is 11.1. The van der Waals surface area contributed by atoms with Gasteiger partial charge in [-0.2, -0.15) is 0 Å². The van der Waals surface area contributed by atoms with Crippen LogP contribution in [0.1, 0.15) is 11.1 Å². The summed E-state index contributed by atoms with van der Waals surface area (Å²) in [4.78, 5) is 9.91. The molecule has 0 unspecified atom stereocenters. The van der Waals surface area contributed by atoms with Crippen molar-refractivity contribution in [2.24, 2.45) is 0 Å². The van der Waals surface area contributed by atoms with E-state index < -0.39 is 0 Å². The van der Waals surface area contributed by atoms with Gasteiger partial charge in [0.25, 0.3) is 0 Å². The Morgan fingerprint density at radius 1 is 0.352 bits per heavy atom. The fraction of sp³-hybridized carbons (Fsp3) is 0.0400. The van der Waals surface area contributed by atoms with Crippen LogP contribution in [-0.4, -0.2) is 19.1 Å². The van der Waals surface area contributed by atoms with Gasteiger partial charge in [0.1, 0.15) is 0 Å². The molecule has 0 saturated heterocycles. The first-order valence-corrected chi connectivity index (χ1v) is 18.5. The van der Waals surface area contributed by atoms with Crippen LogP contribution in [0.5, 0.6) is 0 Å². The molecule has 54 heavy (non-hydrogen) atoms. The van der Waals surface area contributed by atoms with Crippen molar-refractivity contribution in [3.8, 4) is 33.6 Å². The van der Waals surface area contributed by atoms with Gasteiger partial charge >= 0.3 is 0 Å². The summed E-state index contributed by atoms with van der Waals surface area (Å²) in [6.45, 7) is 4.32.